The van der Waals surface area contributed by atoms with Crippen LogP contribution >= 0.6 is 11.3 Å². The van der Waals surface area contributed by atoms with E-state index in [1.807, 2.05) is 35.8 Å². The maximum Gasteiger partial charge on any atom is 0.146 e. The highest BCUT2D eigenvalue weighted by atomic mass is 32.1. The first-order valence-electron chi connectivity index (χ1n) is 13.8. The van der Waals surface area contributed by atoms with Crippen LogP contribution in [0.5, 0.6) is 0 Å². The molecule has 0 radical (unpaired) electrons. The Morgan fingerprint density at radius 2 is 0.892 bits per heavy atom. The van der Waals surface area contributed by atoms with Crippen molar-refractivity contribution in [2.45, 2.75) is 116 Å². The molecule has 0 amide bonds. The molecule has 0 N–H and O–H groups in total. The van der Waals surface area contributed by atoms with E-state index in [0.717, 1.165) is 10.4 Å². The second-order valence-electron chi connectivity index (χ2n) is 11.7. The van der Waals surface area contributed by atoms with Gasteiger partial charge in [-0.2, -0.15) is 0 Å². The third kappa shape index (κ3) is 8.42. The zero-order valence-electron chi connectivity index (χ0n) is 25.3. The maximum atomic E-state index is 3.71. The highest BCUT2D eigenvalue weighted by Crippen LogP contribution is 2.41. The molecule has 0 unspecified atom stereocenters. The van der Waals surface area contributed by atoms with Gasteiger partial charge in [-0.25, -0.2) is 0 Å². The van der Waals surface area contributed by atoms with Crippen LogP contribution in [0.2, 0.25) is 33.2 Å². The lowest BCUT2D eigenvalue weighted by Gasteiger charge is -2.37. The molecule has 0 spiro atoms. The smallest absolute Gasteiger partial charge is 0.134 e. The number of hydrogen-bond donors (Lipinski definition) is 0. The van der Waals surface area contributed by atoms with E-state index in [0.29, 0.717) is 33.2 Å². The van der Waals surface area contributed by atoms with Gasteiger partial charge in [0.1, 0.15) is 16.1 Å². The van der Waals surface area contributed by atoms with Crippen molar-refractivity contribution in [3.05, 3.63) is 46.2 Å². The summed E-state index contributed by atoms with van der Waals surface area (Å²) >= 11 is 1.62. The van der Waals surface area contributed by atoms with E-state index in [1.165, 1.54) is 0 Å². The van der Waals surface area contributed by atoms with Gasteiger partial charge in [0.15, 0.2) is 0 Å². The first-order chi connectivity index (χ1) is 17.3. The first kappa shape index (κ1) is 32.9. The normalized spacial score (nSPS) is 12.2. The predicted molar refractivity (Wildman–Crippen MR) is 174 cm³/mol. The molecule has 198 valence electrons. The summed E-state index contributed by atoms with van der Waals surface area (Å²) in [5.41, 5.74) is 12.2. The standard InChI is InChI=1S/C34H48SSi2/c1-27(2)36(28(3)4,29(5)6)25-19-15-13-17-21-33-23-24-35-34(33)22-18-14-16-20-26-37(30(7)8,31(9)10)32(11)12/h13-16,23-24,27-32H,1-12H3/b15-13-,16-14-. The van der Waals surface area contributed by atoms with Crippen LogP contribution in [0.3, 0.4) is 0 Å². The Morgan fingerprint density at radius 1 is 0.541 bits per heavy atom. The third-order valence-electron chi connectivity index (χ3n) is 7.87. The lowest BCUT2D eigenvalue weighted by atomic mass is 10.2. The van der Waals surface area contributed by atoms with Crippen LogP contribution in [-0.4, -0.2) is 16.1 Å². The Hall–Kier alpha value is -2.15. The Kier molecular flexibility index (Phi) is 13.6. The van der Waals surface area contributed by atoms with Gasteiger partial charge in [0.2, 0.25) is 0 Å². The van der Waals surface area contributed by atoms with Crippen LogP contribution in [0.1, 0.15) is 93.5 Å². The molecule has 3 heteroatoms. The topological polar surface area (TPSA) is 0 Å². The fraction of sp³-hybridized carbons (Fsp3) is 0.529. The van der Waals surface area contributed by atoms with E-state index in [1.54, 1.807) is 11.3 Å². The van der Waals surface area contributed by atoms with Gasteiger partial charge < -0.3 is 0 Å². The molecule has 0 fully saturated rings. The van der Waals surface area contributed by atoms with Crippen molar-refractivity contribution in [3.63, 3.8) is 0 Å². The fourth-order valence-electron chi connectivity index (χ4n) is 6.10. The number of allylic oxidation sites excluding steroid dienone is 4. The van der Waals surface area contributed by atoms with Gasteiger partial charge in [0, 0.05) is 0 Å². The second kappa shape index (κ2) is 15.3. The van der Waals surface area contributed by atoms with Crippen LogP contribution in [0.4, 0.5) is 0 Å². The summed E-state index contributed by atoms with van der Waals surface area (Å²) < 4.78 is 0. The molecular formula is C34H48SSi2. The number of hydrogen-bond acceptors (Lipinski definition) is 1. The van der Waals surface area contributed by atoms with Gasteiger partial charge in [-0.15, -0.1) is 22.4 Å². The summed E-state index contributed by atoms with van der Waals surface area (Å²) in [7, 11) is -3.39. The average molecular weight is 545 g/mol. The monoisotopic (exact) mass is 544 g/mol. The molecule has 0 saturated carbocycles. The van der Waals surface area contributed by atoms with Crippen molar-refractivity contribution in [1.29, 1.82) is 0 Å². The molecule has 0 bridgehead atoms. The Bertz CT molecular complexity index is 1040. The van der Waals surface area contributed by atoms with Crippen molar-refractivity contribution in [2.24, 2.45) is 0 Å². The van der Waals surface area contributed by atoms with E-state index in [-0.39, 0.29) is 0 Å². The van der Waals surface area contributed by atoms with Crippen molar-refractivity contribution < 1.29 is 0 Å². The van der Waals surface area contributed by atoms with E-state index in [9.17, 15) is 0 Å². The molecule has 0 aliphatic carbocycles. The van der Waals surface area contributed by atoms with E-state index in [2.05, 4.69) is 130 Å². The molecule has 0 saturated heterocycles. The second-order valence-corrected chi connectivity index (χ2v) is 23.8. The molecule has 1 heterocycles. The lowest BCUT2D eigenvalue weighted by Crippen LogP contribution is -2.43. The largest absolute Gasteiger partial charge is 0.146 e. The summed E-state index contributed by atoms with van der Waals surface area (Å²) in [6, 6.07) is 2.03. The maximum absolute atomic E-state index is 3.71. The third-order valence-corrected chi connectivity index (χ3v) is 21.3. The Labute approximate surface area is 235 Å². The Balaban J connectivity index is 3.00. The van der Waals surface area contributed by atoms with Crippen LogP contribution < -0.4 is 0 Å². The van der Waals surface area contributed by atoms with Crippen molar-refractivity contribution in [2.75, 3.05) is 0 Å². The highest BCUT2D eigenvalue weighted by molar-refractivity contribution is 7.10. The lowest BCUT2D eigenvalue weighted by molar-refractivity contribution is 0.838. The van der Waals surface area contributed by atoms with Crippen LogP contribution in [0.15, 0.2) is 35.8 Å². The molecule has 0 atom stereocenters. The highest BCUT2D eigenvalue weighted by Gasteiger charge is 2.42. The van der Waals surface area contributed by atoms with E-state index < -0.39 is 16.1 Å². The van der Waals surface area contributed by atoms with Gasteiger partial charge in [-0.3, -0.25) is 0 Å². The molecule has 37 heavy (non-hydrogen) atoms. The molecule has 1 aromatic heterocycles. The summed E-state index contributed by atoms with van der Waals surface area (Å²) in [4.78, 5) is 0.991. The molecule has 0 aromatic carbocycles. The van der Waals surface area contributed by atoms with Gasteiger partial charge in [0.05, 0.1) is 10.4 Å². The molecule has 0 nitrogen and oxygen atoms in total. The molecule has 0 aliphatic heterocycles. The van der Waals surface area contributed by atoms with Crippen molar-refractivity contribution in [1.82, 2.24) is 0 Å². The SMILES string of the molecule is CC(C)[Si](C#C/C=C\C#Cc1ccsc1C#C/C=C\C#C[Si](C(C)C)(C(C)C)C(C)C)(C(C)C)C(C)C. The molecule has 1 aromatic rings. The fourth-order valence-corrected chi connectivity index (χ4v) is 17.2. The van der Waals surface area contributed by atoms with Crippen LogP contribution in [-0.2, 0) is 0 Å². The van der Waals surface area contributed by atoms with E-state index in [4.69, 9.17) is 0 Å². The number of rotatable bonds is 6. The minimum absolute atomic E-state index is 0.636. The minimum Gasteiger partial charge on any atom is -0.134 e. The zero-order chi connectivity index (χ0) is 28.2. The first-order valence-corrected chi connectivity index (χ1v) is 19.1. The van der Waals surface area contributed by atoms with Gasteiger partial charge in [0.25, 0.3) is 0 Å². The van der Waals surface area contributed by atoms with Crippen molar-refractivity contribution in [3.8, 4) is 46.6 Å². The van der Waals surface area contributed by atoms with Crippen molar-refractivity contribution >= 4 is 27.5 Å². The van der Waals surface area contributed by atoms with Gasteiger partial charge in [-0.1, -0.05) is 113 Å². The van der Waals surface area contributed by atoms with E-state index >= 15 is 0 Å². The number of thiophene rings is 1. The summed E-state index contributed by atoms with van der Waals surface area (Å²) in [5, 5.41) is 2.04. The Morgan fingerprint density at radius 3 is 1.27 bits per heavy atom. The quantitative estimate of drug-likeness (QED) is 0.247. The summed E-state index contributed by atoms with van der Waals surface area (Å²) in [6.45, 7) is 28.0. The molecular weight excluding hydrogens is 497 g/mol. The average Bonchev–Trinajstić information content (AvgIpc) is 3.23. The van der Waals surface area contributed by atoms with Crippen LogP contribution in [0, 0.1) is 46.6 Å². The predicted octanol–water partition coefficient (Wildman–Crippen LogP) is 10.0. The molecule has 1 rings (SSSR count). The zero-order valence-corrected chi connectivity index (χ0v) is 28.2. The summed E-state index contributed by atoms with van der Waals surface area (Å²) in [6.07, 6.45) is 7.56. The van der Waals surface area contributed by atoms with Gasteiger partial charge in [-0.05, 0) is 74.9 Å². The van der Waals surface area contributed by atoms with Crippen LogP contribution in [0.25, 0.3) is 0 Å². The minimum atomic E-state index is -1.69. The van der Waals surface area contributed by atoms with Gasteiger partial charge >= 0.3 is 0 Å². The summed E-state index contributed by atoms with van der Waals surface area (Å²) in [5.74, 6) is 19.4. The molecule has 0 aliphatic rings.